The number of azide groups is 1. The summed E-state index contributed by atoms with van der Waals surface area (Å²) in [6, 6.07) is 17.1. The van der Waals surface area contributed by atoms with Crippen LogP contribution in [0.1, 0.15) is 34.6 Å². The fraction of sp³-hybridized carbons (Fsp3) is 0.300. The molecule has 3 atom stereocenters. The quantitative estimate of drug-likeness (QED) is 0.298. The van der Waals surface area contributed by atoms with Gasteiger partial charge in [0.05, 0.1) is 11.1 Å². The molecule has 0 aliphatic rings. The zero-order valence-corrected chi connectivity index (χ0v) is 15.2. The molecule has 0 radical (unpaired) electrons. The van der Waals surface area contributed by atoms with Gasteiger partial charge in [-0.25, -0.2) is 9.59 Å². The third-order valence-corrected chi connectivity index (χ3v) is 4.01. The first-order valence-electron chi connectivity index (χ1n) is 8.56. The summed E-state index contributed by atoms with van der Waals surface area (Å²) in [5.74, 6) is -1.39. The van der Waals surface area contributed by atoms with E-state index in [9.17, 15) is 9.59 Å². The van der Waals surface area contributed by atoms with Gasteiger partial charge in [-0.05, 0) is 36.7 Å². The van der Waals surface area contributed by atoms with Gasteiger partial charge in [0.1, 0.15) is 12.2 Å². The molecule has 0 fully saturated rings. The lowest BCUT2D eigenvalue weighted by atomic mass is 10.00. The average molecular weight is 367 g/mol. The second-order valence-corrected chi connectivity index (χ2v) is 6.10. The molecule has 7 heteroatoms. The lowest BCUT2D eigenvalue weighted by Gasteiger charge is -2.28. The van der Waals surface area contributed by atoms with Crippen LogP contribution in [-0.4, -0.2) is 30.7 Å². The number of nitrogens with zero attached hydrogens (tertiary/aromatic N) is 3. The number of hydrogen-bond donors (Lipinski definition) is 0. The molecule has 140 valence electrons. The van der Waals surface area contributed by atoms with E-state index in [1.807, 2.05) is 0 Å². The van der Waals surface area contributed by atoms with Gasteiger partial charge < -0.3 is 9.47 Å². The van der Waals surface area contributed by atoms with E-state index in [1.54, 1.807) is 74.5 Å². The molecule has 0 aliphatic carbocycles. The molecule has 0 amide bonds. The lowest BCUT2D eigenvalue weighted by Crippen LogP contribution is -2.39. The minimum absolute atomic E-state index is 0.108. The molecule has 0 saturated carbocycles. The molecule has 7 nitrogen and oxygen atoms in total. The normalized spacial score (nSPS) is 13.6. The van der Waals surface area contributed by atoms with Crippen LogP contribution in [0.3, 0.4) is 0 Å². The Morgan fingerprint density at radius 1 is 0.926 bits per heavy atom. The molecule has 27 heavy (non-hydrogen) atoms. The Morgan fingerprint density at radius 3 is 1.89 bits per heavy atom. The van der Waals surface area contributed by atoms with Crippen LogP contribution in [0.5, 0.6) is 0 Å². The topological polar surface area (TPSA) is 101 Å². The molecule has 2 aromatic carbocycles. The number of carbonyl (C=O) groups excluding carboxylic acids is 2. The largest absolute Gasteiger partial charge is 0.455 e. The first kappa shape index (κ1) is 20.0. The Bertz CT molecular complexity index is 804. The summed E-state index contributed by atoms with van der Waals surface area (Å²) in [4.78, 5) is 27.5. The van der Waals surface area contributed by atoms with Gasteiger partial charge in [-0.3, -0.25) is 0 Å². The van der Waals surface area contributed by atoms with Crippen LogP contribution < -0.4 is 0 Å². The second-order valence-electron chi connectivity index (χ2n) is 6.10. The first-order chi connectivity index (χ1) is 13.0. The number of hydrogen-bond acceptors (Lipinski definition) is 5. The molecule has 0 heterocycles. The van der Waals surface area contributed by atoms with Gasteiger partial charge >= 0.3 is 11.9 Å². The predicted octanol–water partition coefficient (Wildman–Crippen LogP) is 4.40. The van der Waals surface area contributed by atoms with Crippen molar-refractivity contribution in [2.24, 2.45) is 11.0 Å². The van der Waals surface area contributed by atoms with Crippen LogP contribution in [0.25, 0.3) is 10.4 Å². The van der Waals surface area contributed by atoms with Crippen molar-refractivity contribution in [3.63, 3.8) is 0 Å². The van der Waals surface area contributed by atoms with Crippen molar-refractivity contribution in [1.29, 1.82) is 0 Å². The summed E-state index contributed by atoms with van der Waals surface area (Å²) in [5.41, 5.74) is 9.35. The maximum Gasteiger partial charge on any atom is 0.338 e. The summed E-state index contributed by atoms with van der Waals surface area (Å²) in [6.07, 6.45) is -1.50. The van der Waals surface area contributed by atoms with Gasteiger partial charge in [0.2, 0.25) is 0 Å². The highest BCUT2D eigenvalue weighted by atomic mass is 16.6. The van der Waals surface area contributed by atoms with E-state index in [4.69, 9.17) is 15.0 Å². The first-order valence-corrected chi connectivity index (χ1v) is 8.56. The van der Waals surface area contributed by atoms with Crippen LogP contribution in [0, 0.1) is 5.92 Å². The lowest BCUT2D eigenvalue weighted by molar-refractivity contribution is -0.0463. The molecule has 0 aliphatic heterocycles. The van der Waals surface area contributed by atoms with Crippen molar-refractivity contribution in [1.82, 2.24) is 0 Å². The fourth-order valence-electron chi connectivity index (χ4n) is 2.59. The number of rotatable bonds is 8. The number of ether oxygens (including phenoxy) is 2. The standard InChI is InChI=1S/C20H21N3O4/c1-14(13-22-23-21)18(27-20(25)17-11-7-4-8-12-17)15(2)26-19(24)16-9-5-3-6-10-16/h3-12,14-15,18H,13H2,1-2H3. The van der Waals surface area contributed by atoms with E-state index < -0.39 is 24.1 Å². The Balaban J connectivity index is 2.14. The molecular weight excluding hydrogens is 346 g/mol. The van der Waals surface area contributed by atoms with Crippen molar-refractivity contribution >= 4 is 11.9 Å². The van der Waals surface area contributed by atoms with Gasteiger partial charge in [0.15, 0.2) is 0 Å². The van der Waals surface area contributed by atoms with Crippen molar-refractivity contribution in [3.05, 3.63) is 82.2 Å². The number of benzene rings is 2. The van der Waals surface area contributed by atoms with Crippen molar-refractivity contribution in [2.45, 2.75) is 26.1 Å². The maximum absolute atomic E-state index is 12.4. The fourth-order valence-corrected chi connectivity index (χ4v) is 2.59. The summed E-state index contributed by atoms with van der Waals surface area (Å²) < 4.78 is 11.1. The minimum atomic E-state index is -0.768. The third-order valence-electron chi connectivity index (χ3n) is 4.01. The van der Waals surface area contributed by atoms with E-state index in [0.717, 1.165) is 0 Å². The molecule has 3 unspecified atom stereocenters. The number of esters is 2. The van der Waals surface area contributed by atoms with E-state index in [-0.39, 0.29) is 12.5 Å². The SMILES string of the molecule is CC(CN=[N+]=[N-])C(OC(=O)c1ccccc1)C(C)OC(=O)c1ccccc1. The molecule has 0 bridgehead atoms. The van der Waals surface area contributed by atoms with Gasteiger partial charge in [0, 0.05) is 17.4 Å². The van der Waals surface area contributed by atoms with Crippen LogP contribution in [0.4, 0.5) is 0 Å². The zero-order valence-electron chi connectivity index (χ0n) is 15.2. The second kappa shape index (κ2) is 9.99. The smallest absolute Gasteiger partial charge is 0.338 e. The molecular formula is C20H21N3O4. The summed E-state index contributed by atoms with van der Waals surface area (Å²) in [6.45, 7) is 3.53. The molecule has 0 spiro atoms. The molecule has 0 saturated heterocycles. The Hall–Kier alpha value is -3.31. The van der Waals surface area contributed by atoms with Crippen LogP contribution >= 0.6 is 0 Å². The Kier molecular flexibility index (Phi) is 7.40. The minimum Gasteiger partial charge on any atom is -0.455 e. The van der Waals surface area contributed by atoms with E-state index >= 15 is 0 Å². The van der Waals surface area contributed by atoms with Crippen LogP contribution in [0.15, 0.2) is 65.8 Å². The molecule has 2 aromatic rings. The van der Waals surface area contributed by atoms with Crippen LogP contribution in [0.2, 0.25) is 0 Å². The molecule has 2 rings (SSSR count). The third kappa shape index (κ3) is 5.87. The van der Waals surface area contributed by atoms with Crippen molar-refractivity contribution in [3.8, 4) is 0 Å². The van der Waals surface area contributed by atoms with Gasteiger partial charge in [-0.1, -0.05) is 48.4 Å². The summed E-state index contributed by atoms with van der Waals surface area (Å²) in [5, 5.41) is 3.54. The monoisotopic (exact) mass is 367 g/mol. The summed E-state index contributed by atoms with van der Waals surface area (Å²) >= 11 is 0. The Labute approximate surface area is 157 Å². The van der Waals surface area contributed by atoms with Gasteiger partial charge in [-0.2, -0.15) is 0 Å². The maximum atomic E-state index is 12.4. The van der Waals surface area contributed by atoms with Gasteiger partial charge in [-0.15, -0.1) is 0 Å². The number of carbonyl (C=O) groups is 2. The van der Waals surface area contributed by atoms with Crippen molar-refractivity contribution < 1.29 is 19.1 Å². The van der Waals surface area contributed by atoms with E-state index in [0.29, 0.717) is 11.1 Å². The molecule has 0 aromatic heterocycles. The van der Waals surface area contributed by atoms with E-state index in [2.05, 4.69) is 10.0 Å². The zero-order chi connectivity index (χ0) is 19.6. The van der Waals surface area contributed by atoms with Gasteiger partial charge in [0.25, 0.3) is 0 Å². The van der Waals surface area contributed by atoms with Crippen molar-refractivity contribution in [2.75, 3.05) is 6.54 Å². The van der Waals surface area contributed by atoms with E-state index in [1.165, 1.54) is 0 Å². The summed E-state index contributed by atoms with van der Waals surface area (Å²) in [7, 11) is 0. The average Bonchev–Trinajstić information content (AvgIpc) is 2.71. The Morgan fingerprint density at radius 2 is 1.41 bits per heavy atom. The highest BCUT2D eigenvalue weighted by Crippen LogP contribution is 2.19. The highest BCUT2D eigenvalue weighted by molar-refractivity contribution is 5.90. The predicted molar refractivity (Wildman–Crippen MR) is 100 cm³/mol. The highest BCUT2D eigenvalue weighted by Gasteiger charge is 2.30. The van der Waals surface area contributed by atoms with Crippen LogP contribution in [-0.2, 0) is 9.47 Å². The molecule has 0 N–H and O–H groups in total.